The molecule has 4 rings (SSSR count). The van der Waals surface area contributed by atoms with Crippen LogP contribution in [-0.2, 0) is 31.2 Å². The van der Waals surface area contributed by atoms with Crippen molar-refractivity contribution < 1.29 is 31.1 Å². The molecule has 0 aliphatic carbocycles. The van der Waals surface area contributed by atoms with Gasteiger partial charge < -0.3 is 15.3 Å². The van der Waals surface area contributed by atoms with Crippen molar-refractivity contribution in [3.05, 3.63) is 75.8 Å². The summed E-state index contributed by atoms with van der Waals surface area (Å²) >= 11 is 0. The monoisotopic (exact) mass is 507 g/mol. The summed E-state index contributed by atoms with van der Waals surface area (Å²) < 4.78 is 64.6. The summed E-state index contributed by atoms with van der Waals surface area (Å²) in [5.74, 6) is -1.25. The summed E-state index contributed by atoms with van der Waals surface area (Å²) in [5, 5.41) is 14.4. The number of hydrogen-bond acceptors (Lipinski definition) is 7. The summed E-state index contributed by atoms with van der Waals surface area (Å²) in [6.45, 7) is 3.29. The molecule has 2 heterocycles. The maximum absolute atomic E-state index is 13.6. The first-order valence-electron chi connectivity index (χ1n) is 10.1. The number of carbonyl (C=O) groups is 1. The van der Waals surface area contributed by atoms with Crippen LogP contribution in [0.5, 0.6) is 0 Å². The smallest absolute Gasteiger partial charge is 0.260 e. The molecule has 34 heavy (non-hydrogen) atoms. The molecule has 0 aromatic heterocycles. The molecule has 1 atom stereocenters. The Balaban J connectivity index is 1.66. The van der Waals surface area contributed by atoms with Crippen LogP contribution < -0.4 is 10.0 Å². The van der Waals surface area contributed by atoms with Gasteiger partial charge in [0.05, 0.1) is 34.0 Å². The molecule has 0 radical (unpaired) electrons. The number of aliphatic hydroxyl groups excluding tert-OH is 1. The highest BCUT2D eigenvalue weighted by Gasteiger charge is 2.40. The number of nitrogens with zero attached hydrogens (tertiary/aromatic N) is 1. The Labute approximate surface area is 196 Å². The molecule has 3 N–H and O–H groups in total. The van der Waals surface area contributed by atoms with E-state index in [1.807, 2.05) is 0 Å². The largest absolute Gasteiger partial charge is 0.509 e. The quantitative estimate of drug-likeness (QED) is 0.567. The number of hydrogen-bond donors (Lipinski definition) is 3. The predicted octanol–water partition coefficient (Wildman–Crippen LogP) is 2.79. The average Bonchev–Trinajstić information content (AvgIpc) is 2.93. The van der Waals surface area contributed by atoms with E-state index in [1.165, 1.54) is 29.2 Å². The van der Waals surface area contributed by atoms with Crippen molar-refractivity contribution in [1.82, 2.24) is 4.90 Å². The lowest BCUT2D eigenvalue weighted by Gasteiger charge is -2.23. The number of fused-ring (bicyclic) bond motifs is 1. The van der Waals surface area contributed by atoms with Crippen LogP contribution in [0.25, 0.3) is 0 Å². The second-order valence-electron chi connectivity index (χ2n) is 8.24. The zero-order valence-electron chi connectivity index (χ0n) is 18.5. The number of anilines is 2. The highest BCUT2D eigenvalue weighted by molar-refractivity contribution is 7.94. The Morgan fingerprint density at radius 1 is 1.21 bits per heavy atom. The molecular weight excluding hydrogens is 485 g/mol. The third kappa shape index (κ3) is 4.38. The average molecular weight is 508 g/mol. The fourth-order valence-corrected chi connectivity index (χ4v) is 5.79. The van der Waals surface area contributed by atoms with Crippen molar-refractivity contribution >= 4 is 37.1 Å². The Morgan fingerprint density at radius 3 is 2.56 bits per heavy atom. The SMILES string of the molecule is Cc1cc(CN2C(=O)C(C3=CS(=O)(=O)c4cc(NS(C)(=O)=O)ccc4N3)=C(O)C2C)ccc1F. The van der Waals surface area contributed by atoms with Gasteiger partial charge in [-0.15, -0.1) is 0 Å². The lowest BCUT2D eigenvalue weighted by atomic mass is 10.1. The van der Waals surface area contributed by atoms with E-state index in [9.17, 15) is 31.1 Å². The number of aliphatic hydroxyl groups is 1. The Hall–Kier alpha value is -3.38. The van der Waals surface area contributed by atoms with Crippen molar-refractivity contribution in [2.24, 2.45) is 0 Å². The lowest BCUT2D eigenvalue weighted by molar-refractivity contribution is -0.127. The maximum atomic E-state index is 13.6. The number of sulfonamides is 1. The number of benzene rings is 2. The topological polar surface area (TPSA) is 133 Å². The molecule has 0 saturated heterocycles. The van der Waals surface area contributed by atoms with E-state index in [-0.39, 0.29) is 45.7 Å². The first-order valence-corrected chi connectivity index (χ1v) is 13.6. The number of aryl methyl sites for hydroxylation is 1. The van der Waals surface area contributed by atoms with Gasteiger partial charge in [-0.1, -0.05) is 12.1 Å². The highest BCUT2D eigenvalue weighted by Crippen LogP contribution is 2.38. The summed E-state index contributed by atoms with van der Waals surface area (Å²) in [7, 11) is -7.69. The minimum absolute atomic E-state index is 0.0665. The van der Waals surface area contributed by atoms with E-state index >= 15 is 0 Å². The minimum atomic E-state index is -4.07. The first kappa shape index (κ1) is 23.8. The van der Waals surface area contributed by atoms with Gasteiger partial charge in [0.15, 0.2) is 0 Å². The molecule has 2 aliphatic heterocycles. The van der Waals surface area contributed by atoms with E-state index in [2.05, 4.69) is 10.0 Å². The molecule has 180 valence electrons. The molecule has 2 aromatic rings. The van der Waals surface area contributed by atoms with E-state index in [4.69, 9.17) is 0 Å². The number of rotatable bonds is 5. The van der Waals surface area contributed by atoms with E-state index in [0.29, 0.717) is 11.1 Å². The third-order valence-electron chi connectivity index (χ3n) is 5.57. The van der Waals surface area contributed by atoms with Crippen LogP contribution in [0.15, 0.2) is 63.7 Å². The Kier molecular flexibility index (Phi) is 5.68. The van der Waals surface area contributed by atoms with Crippen molar-refractivity contribution in [1.29, 1.82) is 0 Å². The standard InChI is InChI=1S/C22H22FN3O6S2/c1-12-8-14(4-6-16(12)23)10-26-13(2)21(27)20(22(26)28)18-11-34(31,32)19-9-15(25-33(3,29)30)5-7-17(19)24-18/h4-9,11,13,24-25,27H,10H2,1-3H3. The number of nitrogens with one attached hydrogen (secondary N) is 2. The van der Waals surface area contributed by atoms with Crippen molar-refractivity contribution in [2.75, 3.05) is 16.3 Å². The third-order valence-corrected chi connectivity index (χ3v) is 7.68. The van der Waals surface area contributed by atoms with Gasteiger partial charge in [-0.05, 0) is 49.2 Å². The number of sulfone groups is 1. The van der Waals surface area contributed by atoms with Crippen molar-refractivity contribution in [2.45, 2.75) is 31.3 Å². The minimum Gasteiger partial charge on any atom is -0.509 e. The predicted molar refractivity (Wildman–Crippen MR) is 125 cm³/mol. The molecule has 0 fully saturated rings. The molecule has 0 bridgehead atoms. The van der Waals surface area contributed by atoms with E-state index in [1.54, 1.807) is 26.0 Å². The Bertz CT molecular complexity index is 1500. The molecule has 9 nitrogen and oxygen atoms in total. The zero-order chi connectivity index (χ0) is 25.0. The second-order valence-corrected chi connectivity index (χ2v) is 11.8. The molecular formula is C22H22FN3O6S2. The van der Waals surface area contributed by atoms with Gasteiger partial charge in [0.2, 0.25) is 19.9 Å². The van der Waals surface area contributed by atoms with Crippen LogP contribution >= 0.6 is 0 Å². The number of carbonyl (C=O) groups excluding carboxylic acids is 1. The fraction of sp³-hybridized carbons (Fsp3) is 0.227. The molecule has 1 amide bonds. The van der Waals surface area contributed by atoms with Crippen molar-refractivity contribution in [3.63, 3.8) is 0 Å². The molecule has 0 spiro atoms. The molecule has 2 aromatic carbocycles. The van der Waals surface area contributed by atoms with Gasteiger partial charge in [-0.3, -0.25) is 9.52 Å². The van der Waals surface area contributed by atoms with E-state index in [0.717, 1.165) is 11.7 Å². The van der Waals surface area contributed by atoms with Gasteiger partial charge in [-0.2, -0.15) is 0 Å². The van der Waals surface area contributed by atoms with E-state index < -0.39 is 31.8 Å². The zero-order valence-corrected chi connectivity index (χ0v) is 20.1. The van der Waals surface area contributed by atoms with Gasteiger partial charge in [0, 0.05) is 12.2 Å². The molecule has 1 unspecified atom stereocenters. The van der Waals surface area contributed by atoms with Crippen LogP contribution in [0, 0.1) is 12.7 Å². The van der Waals surface area contributed by atoms with Gasteiger partial charge in [0.25, 0.3) is 5.91 Å². The summed E-state index contributed by atoms with van der Waals surface area (Å²) in [6, 6.07) is 7.62. The Morgan fingerprint density at radius 2 is 1.91 bits per heavy atom. The van der Waals surface area contributed by atoms with Crippen LogP contribution in [0.2, 0.25) is 0 Å². The number of halogens is 1. The lowest BCUT2D eigenvalue weighted by Crippen LogP contribution is -2.33. The van der Waals surface area contributed by atoms with Crippen LogP contribution in [0.3, 0.4) is 0 Å². The highest BCUT2D eigenvalue weighted by atomic mass is 32.2. The van der Waals surface area contributed by atoms with Gasteiger partial charge in [-0.25, -0.2) is 21.2 Å². The first-order chi connectivity index (χ1) is 15.8. The van der Waals surface area contributed by atoms with Gasteiger partial charge in [0.1, 0.15) is 17.1 Å². The normalized spacial score (nSPS) is 19.5. The molecule has 2 aliphatic rings. The van der Waals surface area contributed by atoms with Crippen LogP contribution in [0.4, 0.5) is 15.8 Å². The molecule has 0 saturated carbocycles. The number of amides is 1. The van der Waals surface area contributed by atoms with Gasteiger partial charge >= 0.3 is 0 Å². The second kappa shape index (κ2) is 8.13. The van der Waals surface area contributed by atoms with Crippen molar-refractivity contribution in [3.8, 4) is 0 Å². The van der Waals surface area contributed by atoms with Crippen LogP contribution in [0.1, 0.15) is 18.1 Å². The maximum Gasteiger partial charge on any atom is 0.260 e. The molecule has 12 heteroatoms. The summed E-state index contributed by atoms with van der Waals surface area (Å²) in [4.78, 5) is 14.4. The fourth-order valence-electron chi connectivity index (χ4n) is 3.90. The summed E-state index contributed by atoms with van der Waals surface area (Å²) in [5.41, 5.74) is 0.991. The van der Waals surface area contributed by atoms with Crippen LogP contribution in [-0.4, -0.2) is 45.0 Å². The summed E-state index contributed by atoms with van der Waals surface area (Å²) in [6.07, 6.45) is 0.943.